The average molecular weight is 964 g/mol. The number of halogens is 1. The van der Waals surface area contributed by atoms with Crippen LogP contribution in [0.5, 0.6) is 34.5 Å². The number of fused-ring (bicyclic) bond motifs is 2. The molecule has 0 atom stereocenters. The van der Waals surface area contributed by atoms with E-state index in [2.05, 4.69) is 36.3 Å². The molecule has 2 spiro atoms. The van der Waals surface area contributed by atoms with Gasteiger partial charge < -0.3 is 38.6 Å². The van der Waals surface area contributed by atoms with Gasteiger partial charge in [0.1, 0.15) is 11.2 Å². The molecule has 18 heteroatoms. The van der Waals surface area contributed by atoms with Crippen LogP contribution in [0.4, 0.5) is 4.39 Å². The van der Waals surface area contributed by atoms with E-state index in [4.69, 9.17) is 39.4 Å². The first-order chi connectivity index (χ1) is 33.0. The molecular formula is C51H71FN6O11. The zero-order valence-corrected chi connectivity index (χ0v) is 42.2. The molecule has 2 aromatic heterocycles. The average Bonchev–Trinajstić information content (AvgIpc) is 3.94. The van der Waals surface area contributed by atoms with Crippen molar-refractivity contribution < 1.29 is 58.2 Å². The van der Waals surface area contributed by atoms with Gasteiger partial charge in [-0.1, -0.05) is 12.1 Å². The highest BCUT2D eigenvalue weighted by Crippen LogP contribution is 2.41. The summed E-state index contributed by atoms with van der Waals surface area (Å²) < 4.78 is 53.4. The Morgan fingerprint density at radius 2 is 1.16 bits per heavy atom. The molecule has 1 amide bonds. The third-order valence-electron chi connectivity index (χ3n) is 11.6. The fraction of sp³-hybridized carbons (Fsp3) is 0.569. The second kappa shape index (κ2) is 23.8. The lowest BCUT2D eigenvalue weighted by Gasteiger charge is -2.43. The molecule has 17 nitrogen and oxygen atoms in total. The number of carbonyl (C=O) groups excluding carboxylic acids is 5. The van der Waals surface area contributed by atoms with Gasteiger partial charge in [0, 0.05) is 44.3 Å². The Bertz CT molecular complexity index is 2400. The number of carbonyl (C=O) groups is 3. The minimum absolute atomic E-state index is 0.00417. The lowest BCUT2D eigenvalue weighted by molar-refractivity contribution is -0.191. The summed E-state index contributed by atoms with van der Waals surface area (Å²) in [4.78, 5) is 56.4. The molecule has 0 aliphatic carbocycles. The maximum atomic E-state index is 13.2. The van der Waals surface area contributed by atoms with Crippen molar-refractivity contribution in [1.82, 2.24) is 29.8 Å². The number of methoxy groups -OCH3 is 2. The van der Waals surface area contributed by atoms with Crippen molar-refractivity contribution in [2.75, 3.05) is 47.6 Å². The van der Waals surface area contributed by atoms with E-state index >= 15 is 0 Å². The summed E-state index contributed by atoms with van der Waals surface area (Å²) in [6.45, 7) is 23.0. The third kappa shape index (κ3) is 14.4. The molecule has 1 N–H and O–H groups in total. The van der Waals surface area contributed by atoms with Gasteiger partial charge in [-0.2, -0.15) is 19.8 Å². The van der Waals surface area contributed by atoms with Gasteiger partial charge in [-0.25, -0.2) is 0 Å². The number of nitrogens with one attached hydrogen (secondary N) is 1. The number of amides is 1. The van der Waals surface area contributed by atoms with E-state index in [1.807, 2.05) is 94.7 Å². The summed E-state index contributed by atoms with van der Waals surface area (Å²) in [7, 11) is 2.21. The molecule has 8 rings (SSSR count). The van der Waals surface area contributed by atoms with E-state index in [9.17, 15) is 18.8 Å². The summed E-state index contributed by atoms with van der Waals surface area (Å²) in [5, 5.41) is 12.2. The summed E-state index contributed by atoms with van der Waals surface area (Å²) >= 11 is 0. The molecule has 0 unspecified atom stereocenters. The van der Waals surface area contributed by atoms with Crippen LogP contribution in [-0.2, 0) is 20.7 Å². The zero-order valence-electron chi connectivity index (χ0n) is 43.2. The summed E-state index contributed by atoms with van der Waals surface area (Å²) in [5.41, 5.74) is 0.195. The standard InChI is InChI=1S/C25H33N3O5.C14H21N3O2.C10H14O2.CH3F.CO2/c1-16(2)32-19-8-7-17(13-20(19)31-6)23(30)27-11-9-25(10-12-27)14-18(29)22-21(33-25)15-28(26-22)24(3,4)5;1-13(2,3)17-9-11-12(16-17)10(18)8-14(19-11)4-6-15-7-5-14;1-8(2)12-10-7-5-4-6-9(10)11-3;1-2;2-1-3/h7-8,13,15-16H,9-12,14H2,1-6H3;9,15H,4-8H2,1-3H3;4-8H,1-3H3;1H3;/i;;;1D;. The van der Waals surface area contributed by atoms with Crippen LogP contribution < -0.4 is 33.7 Å². The van der Waals surface area contributed by atoms with Gasteiger partial charge in [0.15, 0.2) is 57.5 Å². The number of piperidine rings is 2. The lowest BCUT2D eigenvalue weighted by atomic mass is 9.83. The van der Waals surface area contributed by atoms with Crippen LogP contribution in [0.25, 0.3) is 0 Å². The monoisotopic (exact) mass is 964 g/mol. The second-order valence-corrected chi connectivity index (χ2v) is 19.7. The Hall–Kier alpha value is -6.26. The molecule has 2 saturated heterocycles. The van der Waals surface area contributed by atoms with Gasteiger partial charge in [0.25, 0.3) is 5.91 Å². The van der Waals surface area contributed by atoms with Gasteiger partial charge in [-0.3, -0.25) is 28.1 Å². The third-order valence-corrected chi connectivity index (χ3v) is 11.6. The van der Waals surface area contributed by atoms with Crippen LogP contribution >= 0.6 is 0 Å². The van der Waals surface area contributed by atoms with Gasteiger partial charge in [0.05, 0.1) is 71.3 Å². The van der Waals surface area contributed by atoms with Crippen LogP contribution in [0.2, 0.25) is 0 Å². The number of ketones is 2. The van der Waals surface area contributed by atoms with Crippen LogP contribution in [0.15, 0.2) is 54.9 Å². The highest BCUT2D eigenvalue weighted by Gasteiger charge is 2.46. The number of benzene rings is 2. The van der Waals surface area contributed by atoms with Gasteiger partial charge in [-0.15, -0.1) is 0 Å². The molecule has 6 heterocycles. The van der Waals surface area contributed by atoms with Crippen molar-refractivity contribution in [1.29, 1.82) is 0 Å². The van der Waals surface area contributed by atoms with Crippen LogP contribution in [0.3, 0.4) is 0 Å². The molecule has 0 radical (unpaired) electrons. The number of likely N-dealkylation sites (tertiary alicyclic amines) is 1. The summed E-state index contributed by atoms with van der Waals surface area (Å²) in [6.07, 6.45) is 7.84. The van der Waals surface area contributed by atoms with Gasteiger partial charge in [-0.05, 0) is 113 Å². The van der Waals surface area contributed by atoms with E-state index in [-0.39, 0.29) is 58.9 Å². The lowest BCUT2D eigenvalue weighted by Crippen LogP contribution is -2.52. The smallest absolute Gasteiger partial charge is 0.373 e. The van der Waals surface area contributed by atoms with Crippen LogP contribution in [0, 0.1) is 0 Å². The topological polar surface area (TPSA) is 192 Å². The summed E-state index contributed by atoms with van der Waals surface area (Å²) in [6, 6.07) is 12.9. The molecular weight excluding hydrogens is 892 g/mol. The first-order valence-corrected chi connectivity index (χ1v) is 23.1. The molecule has 0 saturated carbocycles. The van der Waals surface area contributed by atoms with E-state index in [0.29, 0.717) is 72.3 Å². The number of alkyl halides is 1. The quantitative estimate of drug-likeness (QED) is 0.186. The Morgan fingerprint density at radius 1 is 0.739 bits per heavy atom. The van der Waals surface area contributed by atoms with E-state index in [1.54, 1.807) is 37.1 Å². The van der Waals surface area contributed by atoms with Gasteiger partial charge >= 0.3 is 6.15 Å². The minimum Gasteiger partial charge on any atom is -0.493 e. The fourth-order valence-corrected chi connectivity index (χ4v) is 8.09. The van der Waals surface area contributed by atoms with Crippen molar-refractivity contribution in [2.45, 2.75) is 142 Å². The molecule has 4 aromatic rings. The number of hydrogen-bond donors (Lipinski definition) is 1. The Balaban J connectivity index is 0.000000241. The Morgan fingerprint density at radius 3 is 1.58 bits per heavy atom. The van der Waals surface area contributed by atoms with Crippen molar-refractivity contribution in [2.24, 2.45) is 0 Å². The number of ether oxygens (including phenoxy) is 6. The highest BCUT2D eigenvalue weighted by atomic mass is 19.1. The molecule has 378 valence electrons. The first kappa shape index (κ1) is 53.7. The number of hydrogen-bond acceptors (Lipinski definition) is 14. The normalized spacial score (nSPS) is 16.7. The summed E-state index contributed by atoms with van der Waals surface area (Å²) in [5.74, 6) is 3.99. The SMILES string of the molecule is CC(C)(C)n1cc2c(n1)C(=O)CC1(CCNCC1)O2.COc1cc(C(=O)N2CCC3(CC2)CC(=O)c2nn(C(C)(C)C)cc2O3)ccc1OC(C)C.COc1ccccc1OC(C)C.O=C=O.[2H]CF. The van der Waals surface area contributed by atoms with Crippen LogP contribution in [0.1, 0.15) is 140 Å². The molecule has 0 bridgehead atoms. The van der Waals surface area contributed by atoms with Crippen molar-refractivity contribution in [3.8, 4) is 34.5 Å². The number of para-hydroxylation sites is 2. The van der Waals surface area contributed by atoms with E-state index in [1.165, 1.54) is 0 Å². The molecule has 4 aliphatic heterocycles. The largest absolute Gasteiger partial charge is 0.493 e. The van der Waals surface area contributed by atoms with Crippen molar-refractivity contribution in [3.05, 3.63) is 71.8 Å². The van der Waals surface area contributed by atoms with Crippen LogP contribution in [-0.4, -0.2) is 119 Å². The second-order valence-electron chi connectivity index (χ2n) is 19.7. The van der Waals surface area contributed by atoms with Gasteiger partial charge in [0.2, 0.25) is 0 Å². The number of aromatic nitrogens is 4. The van der Waals surface area contributed by atoms with E-state index < -0.39 is 12.8 Å². The molecule has 2 aromatic carbocycles. The van der Waals surface area contributed by atoms with Crippen molar-refractivity contribution in [3.63, 3.8) is 0 Å². The maximum Gasteiger partial charge on any atom is 0.373 e. The van der Waals surface area contributed by atoms with E-state index in [0.717, 1.165) is 37.4 Å². The number of nitrogens with zero attached hydrogens (tertiary/aromatic N) is 5. The number of rotatable bonds is 7. The zero-order chi connectivity index (χ0) is 52.0. The fourth-order valence-electron chi connectivity index (χ4n) is 8.09. The predicted octanol–water partition coefficient (Wildman–Crippen LogP) is 8.28. The first-order valence-electron chi connectivity index (χ1n) is 23.8. The van der Waals surface area contributed by atoms with Crippen molar-refractivity contribution >= 4 is 23.6 Å². The molecule has 69 heavy (non-hydrogen) atoms. The maximum absolute atomic E-state index is 13.2. The highest BCUT2D eigenvalue weighted by molar-refractivity contribution is 5.99. The Kier molecular flexibility index (Phi) is 18.6. The predicted molar refractivity (Wildman–Crippen MR) is 256 cm³/mol. The molecule has 2 fully saturated rings. The Labute approximate surface area is 406 Å². The number of Topliss-reactive ketones (excluding diaryl/α,β-unsaturated/α-hetero) is 2. The molecule has 4 aliphatic rings. The minimum atomic E-state index is -1.00.